The van der Waals surface area contributed by atoms with Gasteiger partial charge in [-0.25, -0.2) is 4.39 Å². The third-order valence-electron chi connectivity index (χ3n) is 3.59. The first-order valence-electron chi connectivity index (χ1n) is 7.49. The van der Waals surface area contributed by atoms with Crippen LogP contribution in [0.15, 0.2) is 18.2 Å². The Kier molecular flexibility index (Phi) is 5.56. The number of benzene rings is 1. The highest BCUT2D eigenvalue weighted by molar-refractivity contribution is 5.78. The number of likely N-dealkylation sites (N-methyl/N-ethyl adjacent to an activating group) is 1. The van der Waals surface area contributed by atoms with Gasteiger partial charge in [-0.1, -0.05) is 13.0 Å². The Balaban J connectivity index is 1.84. The molecule has 1 aliphatic rings. The minimum absolute atomic E-state index is 0.106. The molecule has 21 heavy (non-hydrogen) atoms. The number of carbonyl (C=O) groups excluding carboxylic acids is 1. The highest BCUT2D eigenvalue weighted by Gasteiger charge is 2.29. The van der Waals surface area contributed by atoms with Crippen LogP contribution in [0.3, 0.4) is 0 Å². The van der Waals surface area contributed by atoms with E-state index in [0.717, 1.165) is 31.4 Å². The Bertz CT molecular complexity index is 489. The largest absolute Gasteiger partial charge is 0.481 e. The van der Waals surface area contributed by atoms with Crippen LogP contribution < -0.4 is 10.1 Å². The minimum atomic E-state index is -0.423. The molecule has 0 atom stereocenters. The first-order chi connectivity index (χ1) is 10.1. The van der Waals surface area contributed by atoms with E-state index in [1.165, 1.54) is 6.07 Å². The molecule has 2 rings (SSSR count). The molecule has 1 saturated carbocycles. The zero-order valence-electron chi connectivity index (χ0n) is 12.7. The van der Waals surface area contributed by atoms with Gasteiger partial charge >= 0.3 is 0 Å². The molecule has 0 radical (unpaired) electrons. The lowest BCUT2D eigenvalue weighted by molar-refractivity contribution is -0.132. The first kappa shape index (κ1) is 15.8. The van der Waals surface area contributed by atoms with E-state index in [1.807, 2.05) is 6.07 Å². The van der Waals surface area contributed by atoms with E-state index in [2.05, 4.69) is 12.2 Å². The molecule has 4 nitrogen and oxygen atoms in total. The van der Waals surface area contributed by atoms with Crippen LogP contribution in [0.5, 0.6) is 5.75 Å². The average Bonchev–Trinajstić information content (AvgIpc) is 3.30. The third-order valence-corrected chi connectivity index (χ3v) is 3.59. The number of nitrogens with one attached hydrogen (secondary N) is 1. The fourth-order valence-electron chi connectivity index (χ4n) is 2.09. The van der Waals surface area contributed by atoms with Crippen LogP contribution in [0.25, 0.3) is 0 Å². The molecule has 1 aromatic rings. The Labute approximate surface area is 125 Å². The normalized spacial score (nSPS) is 14.0. The molecular formula is C16H23FN2O2. The van der Waals surface area contributed by atoms with Crippen LogP contribution in [0.1, 0.15) is 31.7 Å². The van der Waals surface area contributed by atoms with E-state index in [9.17, 15) is 9.18 Å². The van der Waals surface area contributed by atoms with Crippen LogP contribution >= 0.6 is 0 Å². The van der Waals surface area contributed by atoms with E-state index < -0.39 is 5.82 Å². The van der Waals surface area contributed by atoms with Gasteiger partial charge in [0.25, 0.3) is 5.91 Å². The molecule has 0 unspecified atom stereocenters. The maximum Gasteiger partial charge on any atom is 0.260 e. The van der Waals surface area contributed by atoms with Crippen molar-refractivity contribution in [2.45, 2.75) is 38.8 Å². The molecular weight excluding hydrogens is 271 g/mol. The van der Waals surface area contributed by atoms with Crippen molar-refractivity contribution in [2.24, 2.45) is 0 Å². The predicted octanol–water partition coefficient (Wildman–Crippen LogP) is 2.32. The van der Waals surface area contributed by atoms with E-state index in [4.69, 9.17) is 4.74 Å². The van der Waals surface area contributed by atoms with Gasteiger partial charge in [0.05, 0.1) is 0 Å². The van der Waals surface area contributed by atoms with Crippen molar-refractivity contribution < 1.29 is 13.9 Å². The molecule has 0 aliphatic heterocycles. The van der Waals surface area contributed by atoms with Crippen molar-refractivity contribution >= 4 is 5.91 Å². The zero-order valence-corrected chi connectivity index (χ0v) is 12.7. The Morgan fingerprint density at radius 1 is 1.48 bits per heavy atom. The van der Waals surface area contributed by atoms with Gasteiger partial charge in [0, 0.05) is 19.6 Å². The molecule has 5 heteroatoms. The van der Waals surface area contributed by atoms with Crippen molar-refractivity contribution in [3.63, 3.8) is 0 Å². The van der Waals surface area contributed by atoms with Crippen LogP contribution in [-0.4, -0.2) is 37.0 Å². The second-order valence-corrected chi connectivity index (χ2v) is 5.47. The average molecular weight is 294 g/mol. The summed E-state index contributed by atoms with van der Waals surface area (Å²) in [5.41, 5.74) is 0.870. The topological polar surface area (TPSA) is 41.6 Å². The van der Waals surface area contributed by atoms with Gasteiger partial charge in [-0.15, -0.1) is 0 Å². The van der Waals surface area contributed by atoms with Crippen molar-refractivity contribution in [3.8, 4) is 5.75 Å². The van der Waals surface area contributed by atoms with Gasteiger partial charge < -0.3 is 15.0 Å². The third kappa shape index (κ3) is 4.70. The lowest BCUT2D eigenvalue weighted by Gasteiger charge is -2.16. The zero-order chi connectivity index (χ0) is 15.2. The minimum Gasteiger partial charge on any atom is -0.481 e. The molecule has 1 aliphatic carbocycles. The van der Waals surface area contributed by atoms with Gasteiger partial charge in [-0.3, -0.25) is 4.79 Å². The Hall–Kier alpha value is -1.62. The molecule has 1 N–H and O–H groups in total. The molecule has 1 fully saturated rings. The van der Waals surface area contributed by atoms with Gasteiger partial charge in [-0.2, -0.15) is 0 Å². The van der Waals surface area contributed by atoms with Crippen LogP contribution in [0, 0.1) is 5.82 Å². The first-order valence-corrected chi connectivity index (χ1v) is 7.49. The monoisotopic (exact) mass is 294 g/mol. The summed E-state index contributed by atoms with van der Waals surface area (Å²) in [5.74, 6) is -0.398. The summed E-state index contributed by atoms with van der Waals surface area (Å²) in [6, 6.07) is 5.20. The number of hydrogen-bond donors (Lipinski definition) is 1. The molecule has 0 bridgehead atoms. The van der Waals surface area contributed by atoms with Gasteiger partial charge in [0.15, 0.2) is 18.2 Å². The second-order valence-electron chi connectivity index (χ2n) is 5.47. The number of amides is 1. The summed E-state index contributed by atoms with van der Waals surface area (Å²) in [4.78, 5) is 13.5. The van der Waals surface area contributed by atoms with Crippen molar-refractivity contribution in [1.82, 2.24) is 10.2 Å². The van der Waals surface area contributed by atoms with E-state index >= 15 is 0 Å². The summed E-state index contributed by atoms with van der Waals surface area (Å²) in [6.07, 6.45) is 3.15. The van der Waals surface area contributed by atoms with Crippen LogP contribution in [-0.2, 0) is 11.3 Å². The highest BCUT2D eigenvalue weighted by atomic mass is 19.1. The molecule has 0 saturated heterocycles. The number of ether oxygens (including phenoxy) is 1. The number of hydrogen-bond acceptors (Lipinski definition) is 3. The Morgan fingerprint density at radius 3 is 2.86 bits per heavy atom. The van der Waals surface area contributed by atoms with Gasteiger partial charge in [0.2, 0.25) is 0 Å². The SMILES string of the molecule is CCCNCc1ccc(OCC(=O)N(C)C2CC2)c(F)c1. The fraction of sp³-hybridized carbons (Fsp3) is 0.562. The summed E-state index contributed by atoms with van der Waals surface area (Å²) >= 11 is 0. The lowest BCUT2D eigenvalue weighted by atomic mass is 10.2. The Morgan fingerprint density at radius 2 is 2.24 bits per heavy atom. The summed E-state index contributed by atoms with van der Waals surface area (Å²) in [6.45, 7) is 3.51. The maximum absolute atomic E-state index is 13.9. The standard InChI is InChI=1S/C16H23FN2O2/c1-3-8-18-10-12-4-7-15(14(17)9-12)21-11-16(20)19(2)13-5-6-13/h4,7,9,13,18H,3,5-6,8,10-11H2,1-2H3. The van der Waals surface area contributed by atoms with Crippen LogP contribution in [0.2, 0.25) is 0 Å². The molecule has 0 heterocycles. The predicted molar refractivity (Wildman–Crippen MR) is 79.7 cm³/mol. The van der Waals surface area contributed by atoms with Crippen molar-refractivity contribution in [2.75, 3.05) is 20.2 Å². The van der Waals surface area contributed by atoms with Gasteiger partial charge in [0.1, 0.15) is 0 Å². The lowest BCUT2D eigenvalue weighted by Crippen LogP contribution is -2.33. The number of nitrogens with zero attached hydrogens (tertiary/aromatic N) is 1. The molecule has 116 valence electrons. The summed E-state index contributed by atoms with van der Waals surface area (Å²) < 4.78 is 19.2. The maximum atomic E-state index is 13.9. The smallest absolute Gasteiger partial charge is 0.260 e. The van der Waals surface area contributed by atoms with Crippen LogP contribution in [0.4, 0.5) is 4.39 Å². The summed E-state index contributed by atoms with van der Waals surface area (Å²) in [7, 11) is 1.77. The fourth-order valence-corrected chi connectivity index (χ4v) is 2.09. The number of carbonyl (C=O) groups is 1. The van der Waals surface area contributed by atoms with E-state index in [1.54, 1.807) is 18.0 Å². The second kappa shape index (κ2) is 7.41. The summed E-state index contributed by atoms with van der Waals surface area (Å²) in [5, 5.41) is 3.21. The van der Waals surface area contributed by atoms with Gasteiger partial charge in [-0.05, 0) is 43.5 Å². The molecule has 1 amide bonds. The molecule has 1 aromatic carbocycles. The van der Waals surface area contributed by atoms with E-state index in [0.29, 0.717) is 12.6 Å². The van der Waals surface area contributed by atoms with E-state index in [-0.39, 0.29) is 18.3 Å². The number of rotatable bonds is 8. The number of halogens is 1. The molecule has 0 spiro atoms. The van der Waals surface area contributed by atoms with Crippen molar-refractivity contribution in [3.05, 3.63) is 29.6 Å². The highest BCUT2D eigenvalue weighted by Crippen LogP contribution is 2.25. The quantitative estimate of drug-likeness (QED) is 0.748. The molecule has 0 aromatic heterocycles. The van der Waals surface area contributed by atoms with Crippen molar-refractivity contribution in [1.29, 1.82) is 0 Å².